The molecule has 3 aliphatic heterocycles. The molecule has 3 aliphatic rings. The highest BCUT2D eigenvalue weighted by atomic mass is 32.2. The summed E-state index contributed by atoms with van der Waals surface area (Å²) >= 11 is 0. The van der Waals surface area contributed by atoms with Crippen LogP contribution in [-0.4, -0.2) is 66.4 Å². The molecule has 4 rings (SSSR count). The van der Waals surface area contributed by atoms with Crippen LogP contribution in [-0.2, 0) is 17.1 Å². The zero-order valence-corrected chi connectivity index (χ0v) is 17.0. The van der Waals surface area contributed by atoms with Crippen molar-refractivity contribution in [1.82, 2.24) is 19.1 Å². The molecule has 1 aromatic heterocycles. The van der Waals surface area contributed by atoms with Gasteiger partial charge in [-0.3, -0.25) is 4.79 Å². The monoisotopic (exact) mass is 394 g/mol. The molecule has 27 heavy (non-hydrogen) atoms. The average molecular weight is 395 g/mol. The second-order valence-electron chi connectivity index (χ2n) is 8.46. The van der Waals surface area contributed by atoms with Gasteiger partial charge in [0.25, 0.3) is 5.91 Å². The lowest BCUT2D eigenvalue weighted by Crippen LogP contribution is -2.39. The van der Waals surface area contributed by atoms with Crippen LogP contribution in [0, 0.1) is 5.92 Å². The Morgan fingerprint density at radius 2 is 1.89 bits per heavy atom. The van der Waals surface area contributed by atoms with Crippen molar-refractivity contribution in [2.24, 2.45) is 13.0 Å². The predicted molar refractivity (Wildman–Crippen MR) is 103 cm³/mol. The molecule has 3 fully saturated rings. The summed E-state index contributed by atoms with van der Waals surface area (Å²) in [6.45, 7) is 4.63. The summed E-state index contributed by atoms with van der Waals surface area (Å²) in [5, 5.41) is 3.58. The van der Waals surface area contributed by atoms with Crippen molar-refractivity contribution in [3.8, 4) is 0 Å². The molecule has 0 aromatic carbocycles. The van der Waals surface area contributed by atoms with E-state index in [9.17, 15) is 13.2 Å². The third-order valence-electron chi connectivity index (χ3n) is 6.27. The lowest BCUT2D eigenvalue weighted by Gasteiger charge is -2.29. The molecule has 0 aliphatic carbocycles. The van der Waals surface area contributed by atoms with Crippen LogP contribution in [0.3, 0.4) is 0 Å². The third kappa shape index (κ3) is 3.67. The smallest absolute Gasteiger partial charge is 0.270 e. The minimum atomic E-state index is -3.55. The van der Waals surface area contributed by atoms with Gasteiger partial charge in [0.1, 0.15) is 10.6 Å². The molecule has 3 saturated heterocycles. The molecule has 2 bridgehead atoms. The van der Waals surface area contributed by atoms with Crippen molar-refractivity contribution in [2.45, 2.75) is 56.0 Å². The number of nitrogens with one attached hydrogen (secondary N) is 1. The number of carbonyl (C=O) groups excluding carboxylic acids is 1. The first kappa shape index (κ1) is 19.0. The molecule has 150 valence electrons. The molecule has 0 spiro atoms. The van der Waals surface area contributed by atoms with Gasteiger partial charge < -0.3 is 14.8 Å². The van der Waals surface area contributed by atoms with Crippen LogP contribution < -0.4 is 5.32 Å². The second kappa shape index (κ2) is 7.22. The Morgan fingerprint density at radius 1 is 1.11 bits per heavy atom. The summed E-state index contributed by atoms with van der Waals surface area (Å²) in [5.41, 5.74) is 0.455. The van der Waals surface area contributed by atoms with Crippen molar-refractivity contribution >= 4 is 15.9 Å². The molecule has 0 radical (unpaired) electrons. The minimum Gasteiger partial charge on any atom is -0.345 e. The van der Waals surface area contributed by atoms with Crippen LogP contribution >= 0.6 is 0 Å². The van der Waals surface area contributed by atoms with Gasteiger partial charge >= 0.3 is 0 Å². The maximum absolute atomic E-state index is 13.1. The summed E-state index contributed by atoms with van der Waals surface area (Å²) in [6.07, 6.45) is 6.80. The van der Waals surface area contributed by atoms with E-state index in [0.29, 0.717) is 43.3 Å². The lowest BCUT2D eigenvalue weighted by molar-refractivity contribution is 0.0738. The van der Waals surface area contributed by atoms with E-state index in [1.54, 1.807) is 28.2 Å². The molecule has 3 unspecified atom stereocenters. The van der Waals surface area contributed by atoms with Gasteiger partial charge in [-0.05, 0) is 44.1 Å². The molecule has 1 N–H and O–H groups in total. The van der Waals surface area contributed by atoms with Crippen LogP contribution in [0.25, 0.3) is 0 Å². The Labute approximate surface area is 161 Å². The molecular weight excluding hydrogens is 364 g/mol. The predicted octanol–water partition coefficient (Wildman–Crippen LogP) is 1.41. The average Bonchev–Trinajstić information content (AvgIpc) is 3.17. The lowest BCUT2D eigenvalue weighted by atomic mass is 10.0. The first-order valence-corrected chi connectivity index (χ1v) is 11.5. The molecule has 3 atom stereocenters. The number of piperidine rings is 1. The number of fused-ring (bicyclic) bond motifs is 2. The van der Waals surface area contributed by atoms with Crippen molar-refractivity contribution < 1.29 is 13.2 Å². The number of rotatable bonds is 3. The zero-order valence-electron chi connectivity index (χ0n) is 16.2. The fourth-order valence-corrected chi connectivity index (χ4v) is 6.36. The maximum atomic E-state index is 13.1. The normalized spacial score (nSPS) is 29.7. The van der Waals surface area contributed by atoms with Gasteiger partial charge in [-0.2, -0.15) is 4.31 Å². The van der Waals surface area contributed by atoms with Gasteiger partial charge in [0.15, 0.2) is 0 Å². The Morgan fingerprint density at radius 3 is 2.67 bits per heavy atom. The van der Waals surface area contributed by atoms with Gasteiger partial charge in [0.05, 0.1) is 0 Å². The fraction of sp³-hybridized carbons (Fsp3) is 0.737. The van der Waals surface area contributed by atoms with E-state index in [4.69, 9.17) is 0 Å². The standard InChI is InChI=1S/C19H30N4O3S/c1-14-4-3-8-23(11-14)27(25,26)17-10-18(21(2)13-17)19(24)22-9-7-15-5-6-16(12-22)20-15/h10,13-16,20H,3-9,11-12H2,1-2H3. The SMILES string of the molecule is CC1CCCN(S(=O)(=O)c2cc(C(=O)N3CCC4CCC(C3)N4)n(C)c2)C1. The van der Waals surface area contributed by atoms with Gasteiger partial charge in [0, 0.05) is 51.5 Å². The number of hydrogen-bond donors (Lipinski definition) is 1. The van der Waals surface area contributed by atoms with Gasteiger partial charge in [0.2, 0.25) is 10.0 Å². The Bertz CT molecular complexity index is 819. The van der Waals surface area contributed by atoms with E-state index < -0.39 is 10.0 Å². The second-order valence-corrected chi connectivity index (χ2v) is 10.4. The number of hydrogen-bond acceptors (Lipinski definition) is 4. The largest absolute Gasteiger partial charge is 0.345 e. The highest BCUT2D eigenvalue weighted by Gasteiger charge is 2.34. The highest BCUT2D eigenvalue weighted by molar-refractivity contribution is 7.89. The molecule has 7 nitrogen and oxygen atoms in total. The molecule has 4 heterocycles. The highest BCUT2D eigenvalue weighted by Crippen LogP contribution is 2.26. The third-order valence-corrected chi connectivity index (χ3v) is 8.10. The van der Waals surface area contributed by atoms with Crippen molar-refractivity contribution in [2.75, 3.05) is 26.2 Å². The molecule has 0 saturated carbocycles. The number of nitrogens with zero attached hydrogens (tertiary/aromatic N) is 3. The summed E-state index contributed by atoms with van der Waals surface area (Å²) in [6, 6.07) is 2.44. The van der Waals surface area contributed by atoms with Crippen molar-refractivity contribution in [3.05, 3.63) is 18.0 Å². The number of aromatic nitrogens is 1. The van der Waals surface area contributed by atoms with E-state index >= 15 is 0 Å². The van der Waals surface area contributed by atoms with Crippen LogP contribution in [0.1, 0.15) is 49.5 Å². The number of aryl methyl sites for hydroxylation is 1. The molecule has 8 heteroatoms. The van der Waals surface area contributed by atoms with Gasteiger partial charge in [-0.15, -0.1) is 0 Å². The van der Waals surface area contributed by atoms with E-state index in [1.807, 2.05) is 4.90 Å². The topological polar surface area (TPSA) is 74.7 Å². The van der Waals surface area contributed by atoms with Crippen molar-refractivity contribution in [3.63, 3.8) is 0 Å². The van der Waals surface area contributed by atoms with Crippen LogP contribution in [0.5, 0.6) is 0 Å². The van der Waals surface area contributed by atoms with Gasteiger partial charge in [-0.1, -0.05) is 6.92 Å². The summed E-state index contributed by atoms with van der Waals surface area (Å²) in [7, 11) is -1.79. The van der Waals surface area contributed by atoms with E-state index in [-0.39, 0.29) is 10.8 Å². The quantitative estimate of drug-likeness (QED) is 0.841. The first-order valence-electron chi connectivity index (χ1n) is 10.1. The summed E-state index contributed by atoms with van der Waals surface area (Å²) in [4.78, 5) is 15.2. The van der Waals surface area contributed by atoms with Crippen LogP contribution in [0.2, 0.25) is 0 Å². The van der Waals surface area contributed by atoms with E-state index in [2.05, 4.69) is 12.2 Å². The molecule has 1 aromatic rings. The minimum absolute atomic E-state index is 0.0692. The Kier molecular flexibility index (Phi) is 5.07. The number of amides is 1. The number of sulfonamides is 1. The summed E-state index contributed by atoms with van der Waals surface area (Å²) in [5.74, 6) is 0.304. The Hall–Kier alpha value is -1.38. The zero-order chi connectivity index (χ0) is 19.2. The van der Waals surface area contributed by atoms with E-state index in [0.717, 1.165) is 32.2 Å². The fourth-order valence-electron chi connectivity index (χ4n) is 4.69. The number of carbonyl (C=O) groups is 1. The van der Waals surface area contributed by atoms with Crippen molar-refractivity contribution in [1.29, 1.82) is 0 Å². The molecule has 1 amide bonds. The van der Waals surface area contributed by atoms with Gasteiger partial charge in [-0.25, -0.2) is 8.42 Å². The Balaban J connectivity index is 1.55. The van der Waals surface area contributed by atoms with E-state index in [1.165, 1.54) is 6.42 Å². The molecular formula is C19H30N4O3S. The first-order chi connectivity index (χ1) is 12.8. The van der Waals surface area contributed by atoms with Crippen LogP contribution in [0.15, 0.2) is 17.2 Å². The van der Waals surface area contributed by atoms with Crippen LogP contribution in [0.4, 0.5) is 0 Å². The maximum Gasteiger partial charge on any atom is 0.270 e. The number of likely N-dealkylation sites (tertiary alicyclic amines) is 1. The summed E-state index contributed by atoms with van der Waals surface area (Å²) < 4.78 is 29.3.